The molecule has 0 aliphatic rings. The van der Waals surface area contributed by atoms with Crippen molar-refractivity contribution in [3.8, 4) is 0 Å². The molecule has 0 aromatic carbocycles. The predicted molar refractivity (Wildman–Crippen MR) is 88.8 cm³/mol. The Kier molecular flexibility index (Phi) is 5.07. The second kappa shape index (κ2) is 6.82. The summed E-state index contributed by atoms with van der Waals surface area (Å²) in [7, 11) is 0. The van der Waals surface area contributed by atoms with E-state index in [2.05, 4.69) is 23.0 Å². The first-order chi connectivity index (χ1) is 10.4. The van der Waals surface area contributed by atoms with Crippen LogP contribution in [0.4, 0.5) is 0 Å². The smallest absolute Gasteiger partial charge is 0.169 e. The number of carbonyl (C=O) groups is 1. The third-order valence-electron chi connectivity index (χ3n) is 3.63. The maximum atomic E-state index is 12.3. The summed E-state index contributed by atoms with van der Waals surface area (Å²) < 4.78 is 0. The molecule has 0 N–H and O–H groups in total. The summed E-state index contributed by atoms with van der Waals surface area (Å²) in [6.45, 7) is 8.03. The largest absolute Gasteiger partial charge is 0.294 e. The normalized spacial score (nSPS) is 12.9. The minimum atomic E-state index is -0.373. The van der Waals surface area contributed by atoms with Crippen LogP contribution in [0.15, 0.2) is 43.0 Å². The zero-order valence-corrected chi connectivity index (χ0v) is 13.8. The van der Waals surface area contributed by atoms with Crippen LogP contribution in [-0.2, 0) is 12.8 Å². The van der Waals surface area contributed by atoms with Gasteiger partial charge in [-0.3, -0.25) is 14.8 Å². The number of carbonyl (C=O) groups excluding carboxylic acids is 1. The SMILES string of the molecule is CC(Cc1cccnc1)Cc1cncc(C(=O)C(C)(C)C)c1. The molecule has 0 amide bonds. The third-order valence-corrected chi connectivity index (χ3v) is 3.63. The second-order valence-electron chi connectivity index (χ2n) is 7.04. The minimum absolute atomic E-state index is 0.141. The van der Waals surface area contributed by atoms with Crippen molar-refractivity contribution < 1.29 is 4.79 Å². The Balaban J connectivity index is 2.06. The van der Waals surface area contributed by atoms with Crippen molar-refractivity contribution in [2.45, 2.75) is 40.5 Å². The Morgan fingerprint density at radius 3 is 2.41 bits per heavy atom. The summed E-state index contributed by atoms with van der Waals surface area (Å²) >= 11 is 0. The van der Waals surface area contributed by atoms with Gasteiger partial charge in [0.1, 0.15) is 0 Å². The Morgan fingerprint density at radius 1 is 1.09 bits per heavy atom. The molecule has 0 saturated carbocycles. The molecule has 1 unspecified atom stereocenters. The molecule has 3 heteroatoms. The van der Waals surface area contributed by atoms with Gasteiger partial charge >= 0.3 is 0 Å². The number of Topliss-reactive ketones (excluding diaryl/α,β-unsaturated/α-hetero) is 1. The van der Waals surface area contributed by atoms with E-state index in [-0.39, 0.29) is 11.2 Å². The number of rotatable bonds is 5. The standard InChI is InChI=1S/C19H24N2O/c1-14(8-15-6-5-7-20-11-15)9-16-10-17(13-21-12-16)18(22)19(2,3)4/h5-7,10-14H,8-9H2,1-4H3. The molecular weight excluding hydrogens is 272 g/mol. The van der Waals surface area contributed by atoms with Crippen LogP contribution in [-0.4, -0.2) is 15.8 Å². The molecule has 0 fully saturated rings. The molecule has 2 heterocycles. The molecule has 2 aromatic heterocycles. The van der Waals surface area contributed by atoms with Gasteiger partial charge in [-0.05, 0) is 42.0 Å². The van der Waals surface area contributed by atoms with Crippen LogP contribution < -0.4 is 0 Å². The highest BCUT2D eigenvalue weighted by atomic mass is 16.1. The number of hydrogen-bond donors (Lipinski definition) is 0. The maximum Gasteiger partial charge on any atom is 0.169 e. The van der Waals surface area contributed by atoms with Gasteiger partial charge in [0.2, 0.25) is 0 Å². The van der Waals surface area contributed by atoms with Crippen molar-refractivity contribution in [1.29, 1.82) is 0 Å². The number of nitrogens with zero attached hydrogens (tertiary/aromatic N) is 2. The minimum Gasteiger partial charge on any atom is -0.294 e. The Labute approximate surface area is 132 Å². The molecule has 116 valence electrons. The van der Waals surface area contributed by atoms with Gasteiger partial charge in [0.15, 0.2) is 5.78 Å². The lowest BCUT2D eigenvalue weighted by Crippen LogP contribution is -2.20. The van der Waals surface area contributed by atoms with Gasteiger partial charge in [-0.1, -0.05) is 33.8 Å². The fraction of sp³-hybridized carbons (Fsp3) is 0.421. The van der Waals surface area contributed by atoms with E-state index < -0.39 is 0 Å². The van der Waals surface area contributed by atoms with Gasteiger partial charge in [0, 0.05) is 35.8 Å². The van der Waals surface area contributed by atoms with Crippen molar-refractivity contribution in [1.82, 2.24) is 9.97 Å². The van der Waals surface area contributed by atoms with Crippen LogP contribution in [0.1, 0.15) is 49.2 Å². The summed E-state index contributed by atoms with van der Waals surface area (Å²) in [5.74, 6) is 0.618. The van der Waals surface area contributed by atoms with Gasteiger partial charge in [-0.2, -0.15) is 0 Å². The van der Waals surface area contributed by atoms with Crippen LogP contribution in [0, 0.1) is 11.3 Å². The van der Waals surface area contributed by atoms with E-state index in [1.807, 2.05) is 45.3 Å². The highest BCUT2D eigenvalue weighted by Gasteiger charge is 2.23. The molecule has 3 nitrogen and oxygen atoms in total. The van der Waals surface area contributed by atoms with E-state index in [4.69, 9.17) is 0 Å². The number of ketones is 1. The number of aromatic nitrogens is 2. The van der Waals surface area contributed by atoms with Crippen LogP contribution in [0.3, 0.4) is 0 Å². The maximum absolute atomic E-state index is 12.3. The first-order valence-corrected chi connectivity index (χ1v) is 7.74. The van der Waals surface area contributed by atoms with Gasteiger partial charge in [0.05, 0.1) is 0 Å². The lowest BCUT2D eigenvalue weighted by molar-refractivity contribution is 0.0858. The first-order valence-electron chi connectivity index (χ1n) is 7.74. The highest BCUT2D eigenvalue weighted by Crippen LogP contribution is 2.22. The third kappa shape index (κ3) is 4.48. The fourth-order valence-corrected chi connectivity index (χ4v) is 2.55. The number of pyridine rings is 2. The average molecular weight is 296 g/mol. The Hall–Kier alpha value is -2.03. The van der Waals surface area contributed by atoms with E-state index in [0.29, 0.717) is 11.5 Å². The average Bonchev–Trinajstić information content (AvgIpc) is 2.46. The van der Waals surface area contributed by atoms with Crippen LogP contribution in [0.25, 0.3) is 0 Å². The molecule has 0 bridgehead atoms. The predicted octanol–water partition coefficient (Wildman–Crippen LogP) is 4.13. The van der Waals surface area contributed by atoms with Crippen molar-refractivity contribution >= 4 is 5.78 Å². The zero-order valence-electron chi connectivity index (χ0n) is 13.8. The molecule has 1 atom stereocenters. The summed E-state index contributed by atoms with van der Waals surface area (Å²) in [6, 6.07) is 6.05. The van der Waals surface area contributed by atoms with Gasteiger partial charge in [-0.25, -0.2) is 0 Å². The van der Waals surface area contributed by atoms with Crippen molar-refractivity contribution in [2.75, 3.05) is 0 Å². The molecule has 22 heavy (non-hydrogen) atoms. The summed E-state index contributed by atoms with van der Waals surface area (Å²) in [5, 5.41) is 0. The lowest BCUT2D eigenvalue weighted by Gasteiger charge is -2.17. The van der Waals surface area contributed by atoms with Crippen LogP contribution in [0.5, 0.6) is 0 Å². The van der Waals surface area contributed by atoms with Crippen molar-refractivity contribution in [2.24, 2.45) is 11.3 Å². The lowest BCUT2D eigenvalue weighted by atomic mass is 9.86. The molecule has 2 aromatic rings. The van der Waals surface area contributed by atoms with E-state index in [0.717, 1.165) is 18.4 Å². The second-order valence-corrected chi connectivity index (χ2v) is 7.04. The van der Waals surface area contributed by atoms with E-state index in [1.165, 1.54) is 5.56 Å². The molecule has 2 rings (SSSR count). The van der Waals surface area contributed by atoms with Gasteiger partial charge in [0.25, 0.3) is 0 Å². The van der Waals surface area contributed by atoms with Crippen LogP contribution in [0.2, 0.25) is 0 Å². The van der Waals surface area contributed by atoms with E-state index in [9.17, 15) is 4.79 Å². The number of hydrogen-bond acceptors (Lipinski definition) is 3. The van der Waals surface area contributed by atoms with Crippen molar-refractivity contribution in [3.05, 3.63) is 59.7 Å². The monoisotopic (exact) mass is 296 g/mol. The molecule has 0 saturated heterocycles. The van der Waals surface area contributed by atoms with Gasteiger partial charge < -0.3 is 0 Å². The Bertz CT molecular complexity index is 629. The molecular formula is C19H24N2O. The zero-order chi connectivity index (χ0) is 16.2. The molecule has 0 aliphatic carbocycles. The first kappa shape index (κ1) is 16.3. The van der Waals surface area contributed by atoms with E-state index in [1.54, 1.807) is 12.4 Å². The van der Waals surface area contributed by atoms with Crippen molar-refractivity contribution in [3.63, 3.8) is 0 Å². The fourth-order valence-electron chi connectivity index (χ4n) is 2.55. The quantitative estimate of drug-likeness (QED) is 0.779. The summed E-state index contributed by atoms with van der Waals surface area (Å²) in [6.07, 6.45) is 9.12. The Morgan fingerprint density at radius 2 is 1.77 bits per heavy atom. The molecule has 0 spiro atoms. The summed E-state index contributed by atoms with van der Waals surface area (Å²) in [5.41, 5.74) is 2.69. The van der Waals surface area contributed by atoms with Crippen LogP contribution >= 0.6 is 0 Å². The molecule has 0 radical (unpaired) electrons. The van der Waals surface area contributed by atoms with E-state index >= 15 is 0 Å². The topological polar surface area (TPSA) is 42.9 Å². The van der Waals surface area contributed by atoms with Gasteiger partial charge in [-0.15, -0.1) is 0 Å². The highest BCUT2D eigenvalue weighted by molar-refractivity contribution is 5.99. The molecule has 0 aliphatic heterocycles. The summed E-state index contributed by atoms with van der Waals surface area (Å²) in [4.78, 5) is 20.7.